The van der Waals surface area contributed by atoms with Crippen molar-refractivity contribution in [1.29, 1.82) is 0 Å². The van der Waals surface area contributed by atoms with Gasteiger partial charge >= 0.3 is 0 Å². The summed E-state index contributed by atoms with van der Waals surface area (Å²) in [6.07, 6.45) is 0. The minimum absolute atomic E-state index is 0.159. The van der Waals surface area contributed by atoms with Crippen molar-refractivity contribution in [3.63, 3.8) is 0 Å². The van der Waals surface area contributed by atoms with E-state index in [1.54, 1.807) is 37.2 Å². The van der Waals surface area contributed by atoms with Crippen LogP contribution in [-0.2, 0) is 0 Å². The monoisotopic (exact) mass is 345 g/mol. The third-order valence-electron chi connectivity index (χ3n) is 3.57. The summed E-state index contributed by atoms with van der Waals surface area (Å²) >= 11 is 0. The van der Waals surface area contributed by atoms with E-state index in [0.717, 1.165) is 0 Å². The van der Waals surface area contributed by atoms with E-state index in [1.807, 2.05) is 0 Å². The van der Waals surface area contributed by atoms with Crippen LogP contribution in [-0.4, -0.2) is 39.1 Å². The molecule has 0 aliphatic heterocycles. The molecule has 8 nitrogen and oxygen atoms in total. The number of nitro benzene ring substituents is 1. The van der Waals surface area contributed by atoms with E-state index >= 15 is 0 Å². The van der Waals surface area contributed by atoms with Gasteiger partial charge in [-0.1, -0.05) is 0 Å². The molecule has 25 heavy (non-hydrogen) atoms. The molecule has 2 aromatic carbocycles. The Balaban J connectivity index is 2.44. The van der Waals surface area contributed by atoms with Crippen molar-refractivity contribution in [2.24, 2.45) is 0 Å². The zero-order valence-electron chi connectivity index (χ0n) is 14.4. The fourth-order valence-electron chi connectivity index (χ4n) is 2.31. The van der Waals surface area contributed by atoms with Crippen molar-refractivity contribution < 1.29 is 19.2 Å². The van der Waals surface area contributed by atoms with Crippen LogP contribution in [0.2, 0.25) is 0 Å². The number of non-ortho nitro benzene ring substituents is 1. The van der Waals surface area contributed by atoms with E-state index in [-0.39, 0.29) is 11.3 Å². The predicted octanol–water partition coefficient (Wildman–Crippen LogP) is 2.93. The molecule has 0 aromatic heterocycles. The van der Waals surface area contributed by atoms with Gasteiger partial charge in [0.05, 0.1) is 30.4 Å². The quantitative estimate of drug-likeness (QED) is 0.639. The Hall–Kier alpha value is -3.29. The first-order valence-corrected chi connectivity index (χ1v) is 7.36. The molecule has 0 spiro atoms. The van der Waals surface area contributed by atoms with Crippen molar-refractivity contribution in [3.8, 4) is 11.5 Å². The Labute approximate surface area is 145 Å². The van der Waals surface area contributed by atoms with Crippen molar-refractivity contribution in [3.05, 3.63) is 52.1 Å². The maximum Gasteiger partial charge on any atom is 0.270 e. The van der Waals surface area contributed by atoms with Gasteiger partial charge in [0.1, 0.15) is 11.5 Å². The number of methoxy groups -OCH3 is 2. The molecule has 0 radical (unpaired) electrons. The lowest BCUT2D eigenvalue weighted by atomic mass is 10.1. The highest BCUT2D eigenvalue weighted by Crippen LogP contribution is 2.31. The van der Waals surface area contributed by atoms with Gasteiger partial charge in [-0.05, 0) is 18.2 Å². The lowest BCUT2D eigenvalue weighted by molar-refractivity contribution is -0.384. The Morgan fingerprint density at radius 2 is 1.84 bits per heavy atom. The Morgan fingerprint density at radius 1 is 1.12 bits per heavy atom. The molecule has 1 amide bonds. The Kier molecular flexibility index (Phi) is 5.43. The van der Waals surface area contributed by atoms with Gasteiger partial charge in [0.2, 0.25) is 0 Å². The number of hydrogen-bond acceptors (Lipinski definition) is 6. The standard InChI is InChI=1S/C17H19N3O5/c1-19(2)15-7-5-11(20(22)23)9-13(15)17(21)18-14-10-12(24-3)6-8-16(14)25-4/h5-10H,1-4H3,(H,18,21). The van der Waals surface area contributed by atoms with Crippen molar-refractivity contribution in [2.45, 2.75) is 0 Å². The summed E-state index contributed by atoms with van der Waals surface area (Å²) in [6.45, 7) is 0. The van der Waals surface area contributed by atoms with Gasteiger partial charge in [-0.15, -0.1) is 0 Å². The summed E-state index contributed by atoms with van der Waals surface area (Å²) in [6, 6.07) is 9.12. The summed E-state index contributed by atoms with van der Waals surface area (Å²) in [7, 11) is 6.50. The zero-order valence-corrected chi connectivity index (χ0v) is 14.4. The number of anilines is 2. The summed E-state index contributed by atoms with van der Waals surface area (Å²) in [5.41, 5.74) is 0.991. The van der Waals surface area contributed by atoms with Crippen LogP contribution in [0.4, 0.5) is 17.1 Å². The zero-order chi connectivity index (χ0) is 18.6. The second-order valence-corrected chi connectivity index (χ2v) is 5.37. The molecule has 0 atom stereocenters. The van der Waals surface area contributed by atoms with E-state index in [2.05, 4.69) is 5.32 Å². The molecular formula is C17H19N3O5. The van der Waals surface area contributed by atoms with Crippen molar-refractivity contribution in [1.82, 2.24) is 0 Å². The first-order valence-electron chi connectivity index (χ1n) is 7.36. The highest BCUT2D eigenvalue weighted by Gasteiger charge is 2.19. The van der Waals surface area contributed by atoms with Gasteiger partial charge in [0, 0.05) is 38.0 Å². The van der Waals surface area contributed by atoms with Crippen LogP contribution in [0.1, 0.15) is 10.4 Å². The number of nitrogens with zero attached hydrogens (tertiary/aromatic N) is 2. The highest BCUT2D eigenvalue weighted by molar-refractivity contribution is 6.09. The van der Waals surface area contributed by atoms with Crippen LogP contribution in [0.5, 0.6) is 11.5 Å². The molecule has 8 heteroatoms. The molecule has 0 unspecified atom stereocenters. The van der Waals surface area contributed by atoms with Gasteiger partial charge < -0.3 is 19.7 Å². The molecule has 0 saturated carbocycles. The minimum Gasteiger partial charge on any atom is -0.497 e. The lowest BCUT2D eigenvalue weighted by Crippen LogP contribution is -2.19. The topological polar surface area (TPSA) is 93.9 Å². The van der Waals surface area contributed by atoms with Crippen LogP contribution in [0.15, 0.2) is 36.4 Å². The number of amides is 1. The molecule has 0 fully saturated rings. The van der Waals surface area contributed by atoms with Crippen molar-refractivity contribution in [2.75, 3.05) is 38.5 Å². The summed E-state index contributed by atoms with van der Waals surface area (Å²) in [4.78, 5) is 24.9. The molecular weight excluding hydrogens is 326 g/mol. The number of carbonyl (C=O) groups is 1. The van der Waals surface area contributed by atoms with Gasteiger partial charge in [-0.25, -0.2) is 0 Å². The number of carbonyl (C=O) groups excluding carboxylic acids is 1. The number of benzene rings is 2. The first kappa shape index (κ1) is 18.1. The smallest absolute Gasteiger partial charge is 0.270 e. The van der Waals surface area contributed by atoms with Gasteiger partial charge in [0.15, 0.2) is 0 Å². The largest absolute Gasteiger partial charge is 0.497 e. The van der Waals surface area contributed by atoms with Gasteiger partial charge in [-0.3, -0.25) is 14.9 Å². The van der Waals surface area contributed by atoms with Crippen LogP contribution in [0, 0.1) is 10.1 Å². The van der Waals surface area contributed by atoms with E-state index in [9.17, 15) is 14.9 Å². The second-order valence-electron chi connectivity index (χ2n) is 5.37. The summed E-state index contributed by atoms with van der Waals surface area (Å²) in [5.74, 6) is 0.507. The van der Waals surface area contributed by atoms with E-state index in [0.29, 0.717) is 22.9 Å². The van der Waals surface area contributed by atoms with Gasteiger partial charge in [0.25, 0.3) is 11.6 Å². The van der Waals surface area contributed by atoms with E-state index in [4.69, 9.17) is 9.47 Å². The maximum atomic E-state index is 12.7. The summed E-state index contributed by atoms with van der Waals surface area (Å²) in [5, 5.41) is 13.7. The Bertz CT molecular complexity index is 805. The fraction of sp³-hybridized carbons (Fsp3) is 0.235. The van der Waals surface area contributed by atoms with Crippen LogP contribution in [0.3, 0.4) is 0 Å². The molecule has 2 aromatic rings. The molecule has 0 heterocycles. The number of rotatable bonds is 6. The number of nitro groups is 1. The molecule has 0 aliphatic carbocycles. The average Bonchev–Trinajstić information content (AvgIpc) is 2.60. The third kappa shape index (κ3) is 3.97. The molecule has 0 bridgehead atoms. The number of ether oxygens (including phenoxy) is 2. The summed E-state index contributed by atoms with van der Waals surface area (Å²) < 4.78 is 10.4. The minimum atomic E-state index is -0.539. The van der Waals surface area contributed by atoms with E-state index in [1.165, 1.54) is 32.4 Å². The molecule has 0 saturated heterocycles. The van der Waals surface area contributed by atoms with Crippen LogP contribution in [0.25, 0.3) is 0 Å². The van der Waals surface area contributed by atoms with Crippen LogP contribution < -0.4 is 19.7 Å². The number of nitrogens with one attached hydrogen (secondary N) is 1. The maximum absolute atomic E-state index is 12.7. The van der Waals surface area contributed by atoms with Crippen LogP contribution >= 0.6 is 0 Å². The molecule has 2 rings (SSSR count). The van der Waals surface area contributed by atoms with E-state index < -0.39 is 10.8 Å². The molecule has 1 N–H and O–H groups in total. The van der Waals surface area contributed by atoms with Gasteiger partial charge in [-0.2, -0.15) is 0 Å². The normalized spacial score (nSPS) is 10.1. The second kappa shape index (κ2) is 7.52. The SMILES string of the molecule is COc1ccc(OC)c(NC(=O)c2cc([N+](=O)[O-])ccc2N(C)C)c1. The lowest BCUT2D eigenvalue weighted by Gasteiger charge is -2.18. The Morgan fingerprint density at radius 3 is 2.40 bits per heavy atom. The highest BCUT2D eigenvalue weighted by atomic mass is 16.6. The molecule has 0 aliphatic rings. The third-order valence-corrected chi connectivity index (χ3v) is 3.57. The molecule has 132 valence electrons. The number of hydrogen-bond donors (Lipinski definition) is 1. The fourth-order valence-corrected chi connectivity index (χ4v) is 2.31. The van der Waals surface area contributed by atoms with Crippen molar-refractivity contribution >= 4 is 23.0 Å². The average molecular weight is 345 g/mol. The first-order chi connectivity index (χ1) is 11.9. The predicted molar refractivity (Wildman–Crippen MR) is 94.9 cm³/mol.